The van der Waals surface area contributed by atoms with E-state index < -0.39 is 17.5 Å². The molecule has 0 aliphatic heterocycles. The number of imidazole rings is 1. The number of aromatic amines is 1. The number of rotatable bonds is 1. The Balaban J connectivity index is 1.85. The molecule has 0 spiro atoms. The highest BCUT2D eigenvalue weighted by molar-refractivity contribution is 5.79. The van der Waals surface area contributed by atoms with Gasteiger partial charge in [0.1, 0.15) is 5.65 Å². The Morgan fingerprint density at radius 3 is 2.74 bits per heavy atom. The van der Waals surface area contributed by atoms with Gasteiger partial charge in [0.05, 0.1) is 16.8 Å². The fourth-order valence-corrected chi connectivity index (χ4v) is 2.40. The summed E-state index contributed by atoms with van der Waals surface area (Å²) in [4.78, 5) is 18.0. The highest BCUT2D eigenvalue weighted by atomic mass is 19.4. The summed E-state index contributed by atoms with van der Waals surface area (Å²) >= 11 is 0. The van der Waals surface area contributed by atoms with Crippen molar-refractivity contribution in [3.05, 3.63) is 58.8 Å². The molecular formula is C15H8F3N3O2. The van der Waals surface area contributed by atoms with Gasteiger partial charge in [-0.25, -0.2) is 9.78 Å². The number of hydrogen-bond donors (Lipinski definition) is 1. The zero-order valence-electron chi connectivity index (χ0n) is 11.4. The van der Waals surface area contributed by atoms with Crippen molar-refractivity contribution >= 4 is 16.7 Å². The van der Waals surface area contributed by atoms with Crippen LogP contribution in [0.3, 0.4) is 0 Å². The second-order valence-corrected chi connectivity index (χ2v) is 5.03. The number of halogens is 3. The topological polar surface area (TPSA) is 63.3 Å². The minimum Gasteiger partial charge on any atom is -0.408 e. The molecule has 0 aliphatic carbocycles. The van der Waals surface area contributed by atoms with Crippen molar-refractivity contribution in [2.75, 3.05) is 0 Å². The molecular weight excluding hydrogens is 311 g/mol. The van der Waals surface area contributed by atoms with Gasteiger partial charge in [-0.15, -0.1) is 0 Å². The van der Waals surface area contributed by atoms with E-state index in [9.17, 15) is 18.0 Å². The zero-order chi connectivity index (χ0) is 16.2. The Morgan fingerprint density at radius 2 is 1.96 bits per heavy atom. The van der Waals surface area contributed by atoms with E-state index in [4.69, 9.17) is 4.42 Å². The third kappa shape index (κ3) is 2.28. The highest BCUT2D eigenvalue weighted by Crippen LogP contribution is 2.30. The first-order chi connectivity index (χ1) is 10.9. The first-order valence-electron chi connectivity index (χ1n) is 6.59. The van der Waals surface area contributed by atoms with Crippen molar-refractivity contribution < 1.29 is 17.6 Å². The van der Waals surface area contributed by atoms with Crippen LogP contribution in [0.1, 0.15) is 5.56 Å². The van der Waals surface area contributed by atoms with Gasteiger partial charge in [-0.3, -0.25) is 4.98 Å². The van der Waals surface area contributed by atoms with Gasteiger partial charge in [-0.05, 0) is 24.3 Å². The third-order valence-electron chi connectivity index (χ3n) is 3.50. The molecule has 0 radical (unpaired) electrons. The number of alkyl halides is 3. The summed E-state index contributed by atoms with van der Waals surface area (Å²) < 4.78 is 44.5. The van der Waals surface area contributed by atoms with Crippen molar-refractivity contribution in [3.63, 3.8) is 0 Å². The number of H-pyrrole nitrogens is 1. The molecule has 4 rings (SSSR count). The van der Waals surface area contributed by atoms with E-state index >= 15 is 0 Å². The third-order valence-corrected chi connectivity index (χ3v) is 3.50. The van der Waals surface area contributed by atoms with E-state index in [1.165, 1.54) is 16.7 Å². The second-order valence-electron chi connectivity index (χ2n) is 5.03. The van der Waals surface area contributed by atoms with Crippen LogP contribution in [0, 0.1) is 0 Å². The molecule has 0 saturated carbocycles. The molecule has 1 aromatic carbocycles. The van der Waals surface area contributed by atoms with Crippen LogP contribution in [0.4, 0.5) is 13.2 Å². The predicted octanol–water partition coefficient (Wildman–Crippen LogP) is 3.45. The lowest BCUT2D eigenvalue weighted by Crippen LogP contribution is -2.05. The average molecular weight is 319 g/mol. The van der Waals surface area contributed by atoms with Gasteiger partial charge < -0.3 is 8.82 Å². The SMILES string of the molecule is O=c1[nH]c2ccc(-c3cn4cc(C(F)(F)F)ccc4n3)cc2o1. The Morgan fingerprint density at radius 1 is 1.13 bits per heavy atom. The van der Waals surface area contributed by atoms with Gasteiger partial charge in [0.25, 0.3) is 0 Å². The van der Waals surface area contributed by atoms with Crippen molar-refractivity contribution in [1.29, 1.82) is 0 Å². The van der Waals surface area contributed by atoms with Crippen molar-refractivity contribution in [1.82, 2.24) is 14.4 Å². The van der Waals surface area contributed by atoms with Gasteiger partial charge in [0.15, 0.2) is 5.58 Å². The Labute approximate surface area is 126 Å². The Bertz CT molecular complexity index is 1090. The van der Waals surface area contributed by atoms with Crippen LogP contribution < -0.4 is 5.76 Å². The van der Waals surface area contributed by atoms with Crippen LogP contribution in [0.2, 0.25) is 0 Å². The molecule has 0 aliphatic rings. The monoisotopic (exact) mass is 319 g/mol. The van der Waals surface area contributed by atoms with Gasteiger partial charge in [0, 0.05) is 18.0 Å². The quantitative estimate of drug-likeness (QED) is 0.584. The maximum atomic E-state index is 12.7. The fraction of sp³-hybridized carbons (Fsp3) is 0.0667. The van der Waals surface area contributed by atoms with Gasteiger partial charge in [0.2, 0.25) is 0 Å². The van der Waals surface area contributed by atoms with Gasteiger partial charge >= 0.3 is 11.9 Å². The molecule has 116 valence electrons. The van der Waals surface area contributed by atoms with Crippen LogP contribution in [-0.2, 0) is 6.18 Å². The first-order valence-corrected chi connectivity index (χ1v) is 6.59. The van der Waals surface area contributed by atoms with Gasteiger partial charge in [-0.1, -0.05) is 6.07 Å². The molecule has 0 bridgehead atoms. The molecule has 1 N–H and O–H groups in total. The first kappa shape index (κ1) is 13.6. The fourth-order valence-electron chi connectivity index (χ4n) is 2.40. The lowest BCUT2D eigenvalue weighted by atomic mass is 10.1. The number of benzene rings is 1. The molecule has 5 nitrogen and oxygen atoms in total. The van der Waals surface area contributed by atoms with E-state index in [0.29, 0.717) is 28.0 Å². The van der Waals surface area contributed by atoms with E-state index in [2.05, 4.69) is 9.97 Å². The minimum absolute atomic E-state index is 0.362. The molecule has 0 fully saturated rings. The summed E-state index contributed by atoms with van der Waals surface area (Å²) in [5.74, 6) is -0.568. The largest absolute Gasteiger partial charge is 0.417 e. The standard InChI is InChI=1S/C15H8F3N3O2/c16-15(17,18)9-2-4-13-19-11(7-21(13)6-9)8-1-3-10-12(5-8)23-14(22)20-10/h1-7H,(H,20,22). The molecule has 0 saturated heterocycles. The van der Waals surface area contributed by atoms with Crippen LogP contribution >= 0.6 is 0 Å². The molecule has 8 heteroatoms. The summed E-state index contributed by atoms with van der Waals surface area (Å²) in [5.41, 5.74) is 1.67. The molecule has 3 heterocycles. The van der Waals surface area contributed by atoms with Crippen LogP contribution in [0.25, 0.3) is 28.0 Å². The number of aromatic nitrogens is 3. The summed E-state index contributed by atoms with van der Waals surface area (Å²) in [6.45, 7) is 0. The maximum Gasteiger partial charge on any atom is 0.417 e. The van der Waals surface area contributed by atoms with Crippen LogP contribution in [0.15, 0.2) is 51.9 Å². The predicted molar refractivity (Wildman–Crippen MR) is 76.0 cm³/mol. The molecule has 0 atom stereocenters. The lowest BCUT2D eigenvalue weighted by molar-refractivity contribution is -0.137. The highest BCUT2D eigenvalue weighted by Gasteiger charge is 2.30. The summed E-state index contributed by atoms with van der Waals surface area (Å²) in [6.07, 6.45) is -1.93. The number of oxazole rings is 1. The van der Waals surface area contributed by atoms with E-state index in [1.807, 2.05) is 0 Å². The summed E-state index contributed by atoms with van der Waals surface area (Å²) in [5, 5.41) is 0. The van der Waals surface area contributed by atoms with E-state index in [1.54, 1.807) is 18.2 Å². The maximum absolute atomic E-state index is 12.7. The van der Waals surface area contributed by atoms with Crippen molar-refractivity contribution in [2.45, 2.75) is 6.18 Å². The molecule has 23 heavy (non-hydrogen) atoms. The summed E-state index contributed by atoms with van der Waals surface area (Å²) in [6, 6.07) is 7.27. The normalized spacial score (nSPS) is 12.3. The lowest BCUT2D eigenvalue weighted by Gasteiger charge is -2.05. The smallest absolute Gasteiger partial charge is 0.408 e. The zero-order valence-corrected chi connectivity index (χ0v) is 11.4. The number of nitrogens with zero attached hydrogens (tertiary/aromatic N) is 2. The van der Waals surface area contributed by atoms with Crippen LogP contribution in [-0.4, -0.2) is 14.4 Å². The summed E-state index contributed by atoms with van der Waals surface area (Å²) in [7, 11) is 0. The number of hydrogen-bond acceptors (Lipinski definition) is 3. The van der Waals surface area contributed by atoms with Crippen molar-refractivity contribution in [2.24, 2.45) is 0 Å². The van der Waals surface area contributed by atoms with E-state index in [-0.39, 0.29) is 0 Å². The second kappa shape index (κ2) is 4.48. The van der Waals surface area contributed by atoms with Crippen molar-refractivity contribution in [3.8, 4) is 11.3 Å². The molecule has 0 amide bonds. The van der Waals surface area contributed by atoms with Gasteiger partial charge in [-0.2, -0.15) is 13.2 Å². The number of fused-ring (bicyclic) bond motifs is 2. The van der Waals surface area contributed by atoms with Crippen LogP contribution in [0.5, 0.6) is 0 Å². The Hall–Kier alpha value is -3.03. The molecule has 4 aromatic rings. The molecule has 0 unspecified atom stereocenters. The number of pyridine rings is 1. The van der Waals surface area contributed by atoms with E-state index in [0.717, 1.165) is 12.3 Å². The molecule has 3 aromatic heterocycles. The Kier molecular flexibility index (Phi) is 2.65. The number of nitrogens with one attached hydrogen (secondary N) is 1. The minimum atomic E-state index is -4.41. The average Bonchev–Trinajstić information content (AvgIpc) is 3.06.